The van der Waals surface area contributed by atoms with Gasteiger partial charge >= 0.3 is 0 Å². The number of nitrogens with one attached hydrogen (secondary N) is 1. The van der Waals surface area contributed by atoms with Crippen LogP contribution in [-0.4, -0.2) is 42.4 Å². The summed E-state index contributed by atoms with van der Waals surface area (Å²) in [4.78, 5) is 25.7. The first-order chi connectivity index (χ1) is 9.45. The lowest BCUT2D eigenvalue weighted by Crippen LogP contribution is -2.50. The number of carbonyl (C=O) groups is 2. The normalized spacial score (nSPS) is 19.2. The minimum Gasteiger partial charge on any atom is -0.345 e. The summed E-state index contributed by atoms with van der Waals surface area (Å²) in [6, 6.07) is -0.495. The van der Waals surface area contributed by atoms with Gasteiger partial charge in [0.2, 0.25) is 11.8 Å². The Bertz CT molecular complexity index is 327. The zero-order chi connectivity index (χ0) is 15.1. The topological polar surface area (TPSA) is 75.4 Å². The van der Waals surface area contributed by atoms with E-state index in [4.69, 9.17) is 5.73 Å². The maximum absolute atomic E-state index is 12.1. The fourth-order valence-electron chi connectivity index (χ4n) is 2.70. The molecule has 1 aliphatic carbocycles. The zero-order valence-corrected chi connectivity index (χ0v) is 13.0. The first-order valence-electron chi connectivity index (χ1n) is 7.71. The van der Waals surface area contributed by atoms with Crippen molar-refractivity contribution in [1.82, 2.24) is 10.2 Å². The maximum Gasteiger partial charge on any atom is 0.244 e. The third kappa shape index (κ3) is 5.12. The van der Waals surface area contributed by atoms with Gasteiger partial charge in [-0.25, -0.2) is 0 Å². The van der Waals surface area contributed by atoms with E-state index in [1.54, 1.807) is 18.9 Å². The molecule has 0 aromatic rings. The molecular weight excluding hydrogens is 254 g/mol. The molecule has 0 bridgehead atoms. The molecule has 0 aromatic heterocycles. The van der Waals surface area contributed by atoms with Crippen molar-refractivity contribution in [2.45, 2.75) is 64.5 Å². The molecule has 5 heteroatoms. The van der Waals surface area contributed by atoms with Gasteiger partial charge in [-0.3, -0.25) is 9.59 Å². The molecule has 116 valence electrons. The molecule has 0 aromatic carbocycles. The molecule has 0 radical (unpaired) electrons. The molecule has 0 saturated heterocycles. The molecule has 1 fully saturated rings. The van der Waals surface area contributed by atoms with Crippen molar-refractivity contribution >= 4 is 11.8 Å². The monoisotopic (exact) mass is 283 g/mol. The zero-order valence-electron chi connectivity index (χ0n) is 13.0. The number of nitrogens with two attached hydrogens (primary N) is 1. The number of likely N-dealkylation sites (N-methyl/N-ethyl adjacent to an activating group) is 1. The van der Waals surface area contributed by atoms with Gasteiger partial charge in [0.15, 0.2) is 0 Å². The molecule has 1 aliphatic rings. The number of hydrogen-bond donors (Lipinski definition) is 2. The molecule has 20 heavy (non-hydrogen) atoms. The predicted octanol–water partition coefficient (Wildman–Crippen LogP) is 1.27. The Kier molecular flexibility index (Phi) is 6.99. The lowest BCUT2D eigenvalue weighted by Gasteiger charge is -2.27. The lowest BCUT2D eigenvalue weighted by atomic mass is 9.87. The number of hydrogen-bond acceptors (Lipinski definition) is 3. The largest absolute Gasteiger partial charge is 0.345 e. The molecule has 0 spiro atoms. The van der Waals surface area contributed by atoms with Gasteiger partial charge in [0.05, 0.1) is 0 Å². The summed E-state index contributed by atoms with van der Waals surface area (Å²) in [6.07, 6.45) is 6.56. The third-order valence-corrected chi connectivity index (χ3v) is 4.30. The maximum atomic E-state index is 12.1. The Labute approximate surface area is 122 Å². The van der Waals surface area contributed by atoms with Crippen LogP contribution in [0.3, 0.4) is 0 Å². The highest BCUT2D eigenvalue weighted by atomic mass is 16.2. The van der Waals surface area contributed by atoms with Crippen LogP contribution in [0.2, 0.25) is 0 Å². The molecular formula is C15H29N3O2. The van der Waals surface area contributed by atoms with Crippen molar-refractivity contribution < 1.29 is 9.59 Å². The first kappa shape index (κ1) is 17.0. The first-order valence-corrected chi connectivity index (χ1v) is 7.71. The van der Waals surface area contributed by atoms with Crippen molar-refractivity contribution in [3.8, 4) is 0 Å². The summed E-state index contributed by atoms with van der Waals surface area (Å²) >= 11 is 0. The van der Waals surface area contributed by atoms with Crippen molar-refractivity contribution in [3.05, 3.63) is 0 Å². The van der Waals surface area contributed by atoms with Crippen LogP contribution in [0.15, 0.2) is 0 Å². The van der Waals surface area contributed by atoms with Crippen LogP contribution in [0.4, 0.5) is 0 Å². The molecule has 3 N–H and O–H groups in total. The van der Waals surface area contributed by atoms with Gasteiger partial charge in [0, 0.05) is 26.1 Å². The SMILES string of the molecule is CC(NC(=O)CC1CCCCC1)C(=O)N(C)C(C)CN. The smallest absolute Gasteiger partial charge is 0.244 e. The highest BCUT2D eigenvalue weighted by Gasteiger charge is 2.24. The Balaban J connectivity index is 2.38. The second-order valence-corrected chi connectivity index (χ2v) is 6.03. The van der Waals surface area contributed by atoms with Crippen LogP contribution < -0.4 is 11.1 Å². The van der Waals surface area contributed by atoms with Crippen LogP contribution in [0.5, 0.6) is 0 Å². The summed E-state index contributed by atoms with van der Waals surface area (Å²) in [5, 5.41) is 2.82. The highest BCUT2D eigenvalue weighted by molar-refractivity contribution is 5.87. The molecule has 0 aliphatic heterocycles. The summed E-state index contributed by atoms with van der Waals surface area (Å²) in [5.74, 6) is 0.401. The van der Waals surface area contributed by atoms with Crippen molar-refractivity contribution in [1.29, 1.82) is 0 Å². The third-order valence-electron chi connectivity index (χ3n) is 4.30. The standard InChI is InChI=1S/C15H29N3O2/c1-11(10-16)18(3)15(20)12(2)17-14(19)9-13-7-5-4-6-8-13/h11-13H,4-10,16H2,1-3H3,(H,17,19). The van der Waals surface area contributed by atoms with Crippen LogP contribution in [0, 0.1) is 5.92 Å². The molecule has 2 amide bonds. The van der Waals surface area contributed by atoms with E-state index >= 15 is 0 Å². The molecule has 1 rings (SSSR count). The van der Waals surface area contributed by atoms with Crippen LogP contribution in [0.25, 0.3) is 0 Å². The Hall–Kier alpha value is -1.10. The van der Waals surface area contributed by atoms with Gasteiger partial charge in [0.1, 0.15) is 6.04 Å². The van der Waals surface area contributed by atoms with Crippen LogP contribution >= 0.6 is 0 Å². The number of nitrogens with zero attached hydrogens (tertiary/aromatic N) is 1. The summed E-state index contributed by atoms with van der Waals surface area (Å²) in [7, 11) is 1.73. The van der Waals surface area contributed by atoms with Gasteiger partial charge in [-0.1, -0.05) is 19.3 Å². The van der Waals surface area contributed by atoms with Crippen LogP contribution in [-0.2, 0) is 9.59 Å². The molecule has 1 saturated carbocycles. The van der Waals surface area contributed by atoms with E-state index in [0.29, 0.717) is 18.9 Å². The molecule has 0 heterocycles. The van der Waals surface area contributed by atoms with E-state index in [1.165, 1.54) is 19.3 Å². The average molecular weight is 283 g/mol. The number of carbonyl (C=O) groups excluding carboxylic acids is 2. The average Bonchev–Trinajstić information content (AvgIpc) is 2.45. The van der Waals surface area contributed by atoms with Gasteiger partial charge < -0.3 is 16.0 Å². The van der Waals surface area contributed by atoms with E-state index in [1.807, 2.05) is 6.92 Å². The summed E-state index contributed by atoms with van der Waals surface area (Å²) < 4.78 is 0. The predicted molar refractivity (Wildman–Crippen MR) is 80.1 cm³/mol. The second kappa shape index (κ2) is 8.25. The molecule has 5 nitrogen and oxygen atoms in total. The lowest BCUT2D eigenvalue weighted by molar-refractivity contribution is -0.136. The van der Waals surface area contributed by atoms with Crippen LogP contribution in [0.1, 0.15) is 52.4 Å². The van der Waals surface area contributed by atoms with Crippen molar-refractivity contribution in [2.75, 3.05) is 13.6 Å². The quantitative estimate of drug-likeness (QED) is 0.770. The number of rotatable bonds is 6. The molecule has 2 unspecified atom stereocenters. The van der Waals surface area contributed by atoms with Gasteiger partial charge in [-0.05, 0) is 32.6 Å². The van der Waals surface area contributed by atoms with Gasteiger partial charge in [-0.15, -0.1) is 0 Å². The van der Waals surface area contributed by atoms with E-state index < -0.39 is 6.04 Å². The van der Waals surface area contributed by atoms with E-state index in [-0.39, 0.29) is 17.9 Å². The highest BCUT2D eigenvalue weighted by Crippen LogP contribution is 2.26. The van der Waals surface area contributed by atoms with E-state index in [2.05, 4.69) is 5.32 Å². The minimum atomic E-state index is -0.481. The van der Waals surface area contributed by atoms with E-state index in [9.17, 15) is 9.59 Å². The number of amides is 2. The molecule has 2 atom stereocenters. The van der Waals surface area contributed by atoms with Crippen molar-refractivity contribution in [2.24, 2.45) is 11.7 Å². The summed E-state index contributed by atoms with van der Waals surface area (Å²) in [6.45, 7) is 4.06. The second-order valence-electron chi connectivity index (χ2n) is 6.03. The minimum absolute atomic E-state index is 0.00782. The summed E-state index contributed by atoms with van der Waals surface area (Å²) in [5.41, 5.74) is 5.55. The van der Waals surface area contributed by atoms with Crippen molar-refractivity contribution in [3.63, 3.8) is 0 Å². The van der Waals surface area contributed by atoms with Gasteiger partial charge in [-0.2, -0.15) is 0 Å². The fraction of sp³-hybridized carbons (Fsp3) is 0.867. The Morgan fingerprint density at radius 3 is 2.40 bits per heavy atom. The Morgan fingerprint density at radius 1 is 1.25 bits per heavy atom. The van der Waals surface area contributed by atoms with E-state index in [0.717, 1.165) is 12.8 Å². The fourth-order valence-corrected chi connectivity index (χ4v) is 2.70. The Morgan fingerprint density at radius 2 is 1.85 bits per heavy atom. The van der Waals surface area contributed by atoms with Gasteiger partial charge in [0.25, 0.3) is 0 Å².